The van der Waals surface area contributed by atoms with Crippen LogP contribution in [0.2, 0.25) is 0 Å². The number of hydrogen-bond donors (Lipinski definition) is 2. The molecule has 1 fully saturated rings. The van der Waals surface area contributed by atoms with Crippen molar-refractivity contribution in [3.8, 4) is 0 Å². The predicted molar refractivity (Wildman–Crippen MR) is 152 cm³/mol. The van der Waals surface area contributed by atoms with Crippen LogP contribution < -0.4 is 0 Å². The average Bonchev–Trinajstić information content (AvgIpc) is 3.38. The van der Waals surface area contributed by atoms with Gasteiger partial charge in [0.1, 0.15) is 13.2 Å². The van der Waals surface area contributed by atoms with Gasteiger partial charge in [-0.3, -0.25) is 14.6 Å². The molecule has 1 aliphatic heterocycles. The molecule has 0 aromatic heterocycles. The molecule has 208 valence electrons. The van der Waals surface area contributed by atoms with Crippen LogP contribution >= 0.6 is 0 Å². The first-order valence-corrected chi connectivity index (χ1v) is 13.7. The molecule has 0 atom stereocenters. The third-order valence-electron chi connectivity index (χ3n) is 7.31. The number of carbonyl (C=O) groups excluding carboxylic acids is 2. The van der Waals surface area contributed by atoms with Crippen molar-refractivity contribution in [2.45, 2.75) is 19.4 Å². The second-order valence-electron chi connectivity index (χ2n) is 9.98. The molecule has 8 nitrogen and oxygen atoms in total. The molecule has 2 aromatic carbocycles. The standard InChI is InChI=1S/C31H39N3O5/c35-21-19-32-15-17-34(18-16-32)31(38)39-22-20-33(14-13-28-11-10-27-3-1-2-4-30(27)28)23-26-7-5-25(6-8-26)9-12-29(37)24-36/h1-9,11-12,35-36H,10,13-24H2/b12-9+. The number of ether oxygens (including phenoxy) is 1. The average molecular weight is 534 g/mol. The minimum atomic E-state index is -0.491. The van der Waals surface area contributed by atoms with E-state index in [2.05, 4.69) is 40.1 Å². The van der Waals surface area contributed by atoms with Crippen LogP contribution in [0, 0.1) is 0 Å². The monoisotopic (exact) mass is 533 g/mol. The lowest BCUT2D eigenvalue weighted by molar-refractivity contribution is -0.117. The highest BCUT2D eigenvalue weighted by atomic mass is 16.6. The summed E-state index contributed by atoms with van der Waals surface area (Å²) >= 11 is 0. The van der Waals surface area contributed by atoms with E-state index in [4.69, 9.17) is 14.9 Å². The van der Waals surface area contributed by atoms with Crippen molar-refractivity contribution in [3.63, 3.8) is 0 Å². The van der Waals surface area contributed by atoms with Gasteiger partial charge in [0.25, 0.3) is 0 Å². The highest BCUT2D eigenvalue weighted by molar-refractivity contribution is 5.94. The molecule has 4 rings (SSSR count). The molecule has 0 unspecified atom stereocenters. The zero-order chi connectivity index (χ0) is 27.5. The number of carbonyl (C=O) groups is 2. The smallest absolute Gasteiger partial charge is 0.409 e. The molecule has 2 aliphatic rings. The van der Waals surface area contributed by atoms with Crippen LogP contribution in [0.3, 0.4) is 0 Å². The maximum Gasteiger partial charge on any atom is 0.409 e. The summed E-state index contributed by atoms with van der Waals surface area (Å²) in [5.74, 6) is -0.324. The molecule has 1 heterocycles. The summed E-state index contributed by atoms with van der Waals surface area (Å²) in [5.41, 5.74) is 6.09. The van der Waals surface area contributed by atoms with Gasteiger partial charge < -0.3 is 19.8 Å². The topological polar surface area (TPSA) is 93.6 Å². The van der Waals surface area contributed by atoms with E-state index in [1.807, 2.05) is 24.3 Å². The molecule has 8 heteroatoms. The Hall–Kier alpha value is -3.30. The highest BCUT2D eigenvalue weighted by Gasteiger charge is 2.22. The Morgan fingerprint density at radius 1 is 0.974 bits per heavy atom. The van der Waals surface area contributed by atoms with E-state index in [1.54, 1.807) is 11.0 Å². The van der Waals surface area contributed by atoms with Gasteiger partial charge >= 0.3 is 6.09 Å². The molecule has 1 amide bonds. The number of nitrogens with zero attached hydrogens (tertiary/aromatic N) is 3. The molecular formula is C31H39N3O5. The molecular weight excluding hydrogens is 494 g/mol. The first-order valence-electron chi connectivity index (χ1n) is 13.7. The van der Waals surface area contributed by atoms with Crippen molar-refractivity contribution in [2.24, 2.45) is 0 Å². The van der Waals surface area contributed by atoms with Gasteiger partial charge in [-0.05, 0) is 46.7 Å². The number of rotatable bonds is 13. The lowest BCUT2D eigenvalue weighted by atomic mass is 10.0. The Morgan fingerprint density at radius 3 is 2.49 bits per heavy atom. The van der Waals surface area contributed by atoms with E-state index in [1.165, 1.54) is 22.8 Å². The molecule has 1 saturated heterocycles. The molecule has 2 N–H and O–H groups in total. The number of benzene rings is 2. The Bertz CT molecular complexity index is 1150. The van der Waals surface area contributed by atoms with Crippen LogP contribution in [0.25, 0.3) is 11.6 Å². The van der Waals surface area contributed by atoms with Gasteiger partial charge in [-0.2, -0.15) is 0 Å². The molecule has 0 saturated carbocycles. The van der Waals surface area contributed by atoms with Crippen LogP contribution in [-0.2, 0) is 22.5 Å². The Balaban J connectivity index is 1.33. The van der Waals surface area contributed by atoms with Crippen LogP contribution in [0.1, 0.15) is 28.7 Å². The van der Waals surface area contributed by atoms with Crippen LogP contribution in [0.15, 0.2) is 60.7 Å². The summed E-state index contributed by atoms with van der Waals surface area (Å²) in [7, 11) is 0. The number of allylic oxidation sites excluding steroid dienone is 1. The van der Waals surface area contributed by atoms with Gasteiger partial charge in [0.15, 0.2) is 5.78 Å². The van der Waals surface area contributed by atoms with Crippen molar-refractivity contribution < 1.29 is 24.5 Å². The Labute approximate surface area is 230 Å². The maximum atomic E-state index is 12.6. The molecule has 2 aromatic rings. The lowest BCUT2D eigenvalue weighted by Gasteiger charge is -2.33. The Morgan fingerprint density at radius 2 is 1.74 bits per heavy atom. The number of amides is 1. The third-order valence-corrected chi connectivity index (χ3v) is 7.31. The van der Waals surface area contributed by atoms with Gasteiger partial charge in [-0.1, -0.05) is 60.7 Å². The van der Waals surface area contributed by atoms with E-state index in [0.29, 0.717) is 39.3 Å². The van der Waals surface area contributed by atoms with Gasteiger partial charge in [0.2, 0.25) is 0 Å². The summed E-state index contributed by atoms with van der Waals surface area (Å²) in [6, 6.07) is 16.5. The maximum absolute atomic E-state index is 12.6. The van der Waals surface area contributed by atoms with E-state index in [-0.39, 0.29) is 18.5 Å². The van der Waals surface area contributed by atoms with Gasteiger partial charge in [-0.15, -0.1) is 0 Å². The summed E-state index contributed by atoms with van der Waals surface area (Å²) in [6.45, 7) is 5.48. The summed E-state index contributed by atoms with van der Waals surface area (Å²) in [6.07, 6.45) is 7.01. The number of piperazine rings is 1. The highest BCUT2D eigenvalue weighted by Crippen LogP contribution is 2.29. The first kappa shape index (κ1) is 28.7. The van der Waals surface area contributed by atoms with Crippen LogP contribution in [0.5, 0.6) is 0 Å². The second-order valence-corrected chi connectivity index (χ2v) is 9.98. The number of hydrogen-bond acceptors (Lipinski definition) is 7. The SMILES string of the molecule is O=C(/C=C/c1ccc(CN(CCOC(=O)N2CCN(CCO)CC2)CCC2=CCc3ccccc32)cc1)CO. The number of ketones is 1. The Kier molecular flexibility index (Phi) is 10.9. The van der Waals surface area contributed by atoms with Crippen LogP contribution in [-0.4, -0.2) is 102 Å². The largest absolute Gasteiger partial charge is 0.448 e. The first-order chi connectivity index (χ1) is 19.1. The van der Waals surface area contributed by atoms with Crippen molar-refractivity contribution in [2.75, 3.05) is 65.6 Å². The van der Waals surface area contributed by atoms with E-state index in [0.717, 1.165) is 43.6 Å². The fourth-order valence-electron chi connectivity index (χ4n) is 5.02. The lowest BCUT2D eigenvalue weighted by Crippen LogP contribution is -2.49. The number of aliphatic hydroxyl groups excluding tert-OH is 2. The van der Waals surface area contributed by atoms with Crippen LogP contribution in [0.4, 0.5) is 4.79 Å². The van der Waals surface area contributed by atoms with Crippen molar-refractivity contribution in [1.29, 1.82) is 0 Å². The third kappa shape index (κ3) is 8.60. The molecule has 0 bridgehead atoms. The van der Waals surface area contributed by atoms with Crippen molar-refractivity contribution in [1.82, 2.24) is 14.7 Å². The predicted octanol–water partition coefficient (Wildman–Crippen LogP) is 2.84. The normalized spacial score (nSPS) is 15.6. The zero-order valence-electron chi connectivity index (χ0n) is 22.5. The molecule has 0 radical (unpaired) electrons. The fraction of sp³-hybridized carbons (Fsp3) is 0.419. The van der Waals surface area contributed by atoms with Gasteiger partial charge in [0, 0.05) is 52.4 Å². The van der Waals surface area contributed by atoms with Gasteiger partial charge in [0.05, 0.1) is 6.61 Å². The van der Waals surface area contributed by atoms with Crippen molar-refractivity contribution >= 4 is 23.5 Å². The van der Waals surface area contributed by atoms with E-state index in [9.17, 15) is 9.59 Å². The summed E-state index contributed by atoms with van der Waals surface area (Å²) in [4.78, 5) is 30.2. The van der Waals surface area contributed by atoms with Gasteiger partial charge in [-0.25, -0.2) is 4.79 Å². The quantitative estimate of drug-likeness (QED) is 0.383. The summed E-state index contributed by atoms with van der Waals surface area (Å²) in [5, 5.41) is 18.0. The number of aliphatic hydroxyl groups is 2. The van der Waals surface area contributed by atoms with Crippen molar-refractivity contribution in [3.05, 3.63) is 82.9 Å². The van der Waals surface area contributed by atoms with E-state index >= 15 is 0 Å². The number of β-amino-alcohol motifs (C(OH)–C–C–N with tert-alkyl or cyclic N) is 1. The minimum absolute atomic E-state index is 0.131. The molecule has 39 heavy (non-hydrogen) atoms. The second kappa shape index (κ2) is 14.7. The zero-order valence-corrected chi connectivity index (χ0v) is 22.5. The minimum Gasteiger partial charge on any atom is -0.448 e. The number of fused-ring (bicyclic) bond motifs is 1. The fourth-order valence-corrected chi connectivity index (χ4v) is 5.02. The summed E-state index contributed by atoms with van der Waals surface area (Å²) < 4.78 is 5.66. The molecule has 1 aliphatic carbocycles. The van der Waals surface area contributed by atoms with E-state index < -0.39 is 6.61 Å². The molecule has 0 spiro atoms.